The predicted octanol–water partition coefficient (Wildman–Crippen LogP) is 4.39. The van der Waals surface area contributed by atoms with E-state index in [4.69, 9.17) is 4.74 Å². The summed E-state index contributed by atoms with van der Waals surface area (Å²) >= 11 is 0. The van der Waals surface area contributed by atoms with E-state index in [1.165, 1.54) is 37.4 Å². The summed E-state index contributed by atoms with van der Waals surface area (Å²) in [6.45, 7) is 1.13. The first kappa shape index (κ1) is 19.2. The van der Waals surface area contributed by atoms with Gasteiger partial charge in [-0.25, -0.2) is 13.8 Å². The molecule has 0 aliphatic carbocycles. The number of benzene rings is 2. The van der Waals surface area contributed by atoms with Crippen molar-refractivity contribution in [2.75, 3.05) is 5.32 Å². The molecule has 7 heteroatoms. The van der Waals surface area contributed by atoms with Crippen molar-refractivity contribution >= 4 is 17.4 Å². The Labute approximate surface area is 160 Å². The van der Waals surface area contributed by atoms with Gasteiger partial charge in [0, 0.05) is 17.4 Å². The highest BCUT2D eigenvalue weighted by molar-refractivity contribution is 6.06. The number of hydrogen-bond donors (Lipinski definition) is 1. The van der Waals surface area contributed by atoms with Crippen molar-refractivity contribution in [2.24, 2.45) is 0 Å². The van der Waals surface area contributed by atoms with Crippen LogP contribution in [0, 0.1) is 11.6 Å². The second-order valence-electron chi connectivity index (χ2n) is 5.94. The van der Waals surface area contributed by atoms with Crippen molar-refractivity contribution in [3.63, 3.8) is 0 Å². The number of pyridine rings is 1. The van der Waals surface area contributed by atoms with Crippen LogP contribution in [0.25, 0.3) is 0 Å². The van der Waals surface area contributed by atoms with Gasteiger partial charge in [-0.1, -0.05) is 18.2 Å². The summed E-state index contributed by atoms with van der Waals surface area (Å²) in [6.07, 6.45) is 1.44. The van der Waals surface area contributed by atoms with Gasteiger partial charge in [-0.15, -0.1) is 0 Å². The van der Waals surface area contributed by atoms with Gasteiger partial charge >= 0.3 is 0 Å². The molecule has 0 aliphatic heterocycles. The standard InChI is InChI=1S/C21H16F2N2O3/c1-13(26)17-11-15(8-9-19(17)23)25-20(27)16-6-4-10-24-21(16)28-12-14-5-2-3-7-18(14)22/h2-11H,12H2,1H3,(H,25,27). The molecule has 3 aromatic rings. The summed E-state index contributed by atoms with van der Waals surface area (Å²) < 4.78 is 32.9. The molecule has 1 heterocycles. The first-order chi connectivity index (χ1) is 13.5. The Hall–Kier alpha value is -3.61. The van der Waals surface area contributed by atoms with Crippen LogP contribution in [-0.4, -0.2) is 16.7 Å². The summed E-state index contributed by atoms with van der Waals surface area (Å²) in [5.41, 5.74) is 0.567. The molecule has 1 aromatic heterocycles. The number of nitrogens with zero attached hydrogens (tertiary/aromatic N) is 1. The van der Waals surface area contributed by atoms with Gasteiger partial charge in [-0.3, -0.25) is 9.59 Å². The normalized spacial score (nSPS) is 10.4. The third-order valence-electron chi connectivity index (χ3n) is 3.94. The molecular formula is C21H16F2N2O3. The molecule has 1 amide bonds. The molecule has 0 aliphatic rings. The highest BCUT2D eigenvalue weighted by Gasteiger charge is 2.16. The van der Waals surface area contributed by atoms with Crippen LogP contribution in [0.2, 0.25) is 0 Å². The summed E-state index contributed by atoms with van der Waals surface area (Å²) in [5, 5.41) is 2.58. The van der Waals surface area contributed by atoms with Gasteiger partial charge in [0.05, 0.1) is 5.56 Å². The maximum atomic E-state index is 13.7. The SMILES string of the molecule is CC(=O)c1cc(NC(=O)c2cccnc2OCc2ccccc2F)ccc1F. The molecule has 0 saturated carbocycles. The van der Waals surface area contributed by atoms with Crippen molar-refractivity contribution in [3.05, 3.63) is 89.1 Å². The second-order valence-corrected chi connectivity index (χ2v) is 5.94. The van der Waals surface area contributed by atoms with Crippen LogP contribution < -0.4 is 10.1 Å². The van der Waals surface area contributed by atoms with E-state index in [0.717, 1.165) is 6.07 Å². The number of carbonyl (C=O) groups excluding carboxylic acids is 2. The van der Waals surface area contributed by atoms with Gasteiger partial charge in [0.25, 0.3) is 5.91 Å². The van der Waals surface area contributed by atoms with Crippen molar-refractivity contribution in [3.8, 4) is 5.88 Å². The summed E-state index contributed by atoms with van der Waals surface area (Å²) in [7, 11) is 0. The van der Waals surface area contributed by atoms with Crippen LogP contribution in [0.5, 0.6) is 5.88 Å². The highest BCUT2D eigenvalue weighted by Crippen LogP contribution is 2.20. The first-order valence-corrected chi connectivity index (χ1v) is 8.39. The van der Waals surface area contributed by atoms with E-state index in [9.17, 15) is 18.4 Å². The summed E-state index contributed by atoms with van der Waals surface area (Å²) in [6, 6.07) is 12.9. The van der Waals surface area contributed by atoms with E-state index >= 15 is 0 Å². The van der Waals surface area contributed by atoms with Crippen LogP contribution in [0.1, 0.15) is 33.2 Å². The van der Waals surface area contributed by atoms with Crippen LogP contribution in [0.15, 0.2) is 60.8 Å². The zero-order valence-electron chi connectivity index (χ0n) is 14.9. The number of ether oxygens (including phenoxy) is 1. The summed E-state index contributed by atoms with van der Waals surface area (Å²) in [4.78, 5) is 28.1. The Morgan fingerprint density at radius 3 is 2.54 bits per heavy atom. The van der Waals surface area contributed by atoms with Gasteiger partial charge < -0.3 is 10.1 Å². The number of halogens is 2. The number of anilines is 1. The molecule has 0 bridgehead atoms. The number of Topliss-reactive ketones (excluding diaryl/α,β-unsaturated/α-hetero) is 1. The van der Waals surface area contributed by atoms with E-state index in [0.29, 0.717) is 5.56 Å². The lowest BCUT2D eigenvalue weighted by Crippen LogP contribution is -2.15. The third kappa shape index (κ3) is 4.37. The number of ketones is 1. The van der Waals surface area contributed by atoms with Crippen molar-refractivity contribution in [1.82, 2.24) is 4.98 Å². The van der Waals surface area contributed by atoms with Crippen LogP contribution in [-0.2, 0) is 6.61 Å². The number of hydrogen-bond acceptors (Lipinski definition) is 4. The quantitative estimate of drug-likeness (QED) is 0.642. The average Bonchev–Trinajstić information content (AvgIpc) is 2.69. The number of carbonyl (C=O) groups is 2. The molecule has 0 unspecified atom stereocenters. The molecular weight excluding hydrogens is 366 g/mol. The smallest absolute Gasteiger partial charge is 0.261 e. The number of aromatic nitrogens is 1. The largest absolute Gasteiger partial charge is 0.472 e. The minimum Gasteiger partial charge on any atom is -0.472 e. The van der Waals surface area contributed by atoms with Crippen molar-refractivity contribution < 1.29 is 23.1 Å². The lowest BCUT2D eigenvalue weighted by atomic mass is 10.1. The van der Waals surface area contributed by atoms with E-state index in [1.807, 2.05) is 0 Å². The second kappa shape index (κ2) is 8.39. The lowest BCUT2D eigenvalue weighted by Gasteiger charge is -2.11. The topological polar surface area (TPSA) is 68.3 Å². The Morgan fingerprint density at radius 2 is 1.79 bits per heavy atom. The Balaban J connectivity index is 1.78. The fraction of sp³-hybridized carbons (Fsp3) is 0.0952. The molecule has 142 valence electrons. The van der Waals surface area contributed by atoms with Gasteiger partial charge in [-0.05, 0) is 43.3 Å². The highest BCUT2D eigenvalue weighted by atomic mass is 19.1. The van der Waals surface area contributed by atoms with E-state index in [1.54, 1.807) is 24.3 Å². The van der Waals surface area contributed by atoms with Crippen molar-refractivity contribution in [2.45, 2.75) is 13.5 Å². The van der Waals surface area contributed by atoms with E-state index in [-0.39, 0.29) is 29.3 Å². The zero-order chi connectivity index (χ0) is 20.1. The molecule has 0 atom stereocenters. The summed E-state index contributed by atoms with van der Waals surface area (Å²) in [5.74, 6) is -2.08. The molecule has 0 radical (unpaired) electrons. The van der Waals surface area contributed by atoms with Crippen molar-refractivity contribution in [1.29, 1.82) is 0 Å². The van der Waals surface area contributed by atoms with Gasteiger partial charge in [-0.2, -0.15) is 0 Å². The molecule has 0 spiro atoms. The maximum Gasteiger partial charge on any atom is 0.261 e. The minimum atomic E-state index is -0.666. The Kier molecular flexibility index (Phi) is 5.74. The van der Waals surface area contributed by atoms with E-state index in [2.05, 4.69) is 10.3 Å². The van der Waals surface area contributed by atoms with Crippen LogP contribution in [0.3, 0.4) is 0 Å². The van der Waals surface area contributed by atoms with Gasteiger partial charge in [0.1, 0.15) is 23.8 Å². The number of nitrogens with one attached hydrogen (secondary N) is 1. The fourth-order valence-corrected chi connectivity index (χ4v) is 2.51. The fourth-order valence-electron chi connectivity index (χ4n) is 2.51. The molecule has 5 nitrogen and oxygen atoms in total. The number of rotatable bonds is 6. The van der Waals surface area contributed by atoms with Gasteiger partial charge in [0.15, 0.2) is 5.78 Å². The molecule has 0 fully saturated rings. The predicted molar refractivity (Wildman–Crippen MR) is 99.3 cm³/mol. The lowest BCUT2D eigenvalue weighted by molar-refractivity contribution is 0.100. The minimum absolute atomic E-state index is 0.0251. The molecule has 28 heavy (non-hydrogen) atoms. The third-order valence-corrected chi connectivity index (χ3v) is 3.94. The Morgan fingerprint density at radius 1 is 1.00 bits per heavy atom. The number of amides is 1. The monoisotopic (exact) mass is 382 g/mol. The van der Waals surface area contributed by atoms with Crippen LogP contribution >= 0.6 is 0 Å². The maximum absolute atomic E-state index is 13.7. The average molecular weight is 382 g/mol. The first-order valence-electron chi connectivity index (χ1n) is 8.39. The molecule has 2 aromatic carbocycles. The van der Waals surface area contributed by atoms with E-state index < -0.39 is 23.3 Å². The molecule has 0 saturated heterocycles. The van der Waals surface area contributed by atoms with Gasteiger partial charge in [0.2, 0.25) is 5.88 Å². The zero-order valence-corrected chi connectivity index (χ0v) is 14.9. The molecule has 1 N–H and O–H groups in total. The Bertz CT molecular complexity index is 1040. The van der Waals surface area contributed by atoms with Crippen LogP contribution in [0.4, 0.5) is 14.5 Å². The molecule has 3 rings (SSSR count).